The van der Waals surface area contributed by atoms with Gasteiger partial charge in [0.15, 0.2) is 0 Å². The fraction of sp³-hybridized carbons (Fsp3) is 1.00. The molecule has 0 aliphatic rings. The molecule has 2 heteroatoms. The van der Waals surface area contributed by atoms with Crippen LogP contribution < -0.4 is 0 Å². The Morgan fingerprint density at radius 3 is 1.52 bits per heavy atom. The van der Waals surface area contributed by atoms with Crippen LogP contribution in [0.2, 0.25) is 0 Å². The molecule has 0 fully saturated rings. The topological polar surface area (TPSA) is 40.5 Å². The Kier molecular flexibility index (Phi) is 13.5. The van der Waals surface area contributed by atoms with E-state index in [1.807, 2.05) is 0 Å². The van der Waals surface area contributed by atoms with Crippen LogP contribution in [0.3, 0.4) is 0 Å². The summed E-state index contributed by atoms with van der Waals surface area (Å²) in [6.45, 7) is 9.69. The first kappa shape index (κ1) is 20.9. The first-order valence-electron chi connectivity index (χ1n) is 9.21. The van der Waals surface area contributed by atoms with Crippen LogP contribution in [0.25, 0.3) is 0 Å². The van der Waals surface area contributed by atoms with Crippen molar-refractivity contribution in [3.05, 3.63) is 0 Å². The minimum atomic E-state index is 0.322. The van der Waals surface area contributed by atoms with E-state index in [0.29, 0.717) is 25.0 Å². The molecule has 0 heterocycles. The first-order valence-corrected chi connectivity index (χ1v) is 9.21. The van der Waals surface area contributed by atoms with E-state index in [9.17, 15) is 5.11 Å². The standard InChI is InChI=1S/C19H40O2/c1-16(2)8-5-12-19(15-21)13-7-10-17(3)9-6-11-18(4)14-20/h16-21H,5-15H2,1-4H3/t17?,18-,19?/m0/s1. The molecule has 0 amide bonds. The molecule has 0 aliphatic carbocycles. The summed E-state index contributed by atoms with van der Waals surface area (Å²) >= 11 is 0. The summed E-state index contributed by atoms with van der Waals surface area (Å²) in [5.41, 5.74) is 0. The van der Waals surface area contributed by atoms with Crippen LogP contribution in [0.15, 0.2) is 0 Å². The number of aliphatic hydroxyl groups is 2. The average molecular weight is 301 g/mol. The van der Waals surface area contributed by atoms with Crippen molar-refractivity contribution in [3.63, 3.8) is 0 Å². The maximum atomic E-state index is 9.46. The van der Waals surface area contributed by atoms with Crippen LogP contribution in [-0.4, -0.2) is 23.4 Å². The van der Waals surface area contributed by atoms with Crippen molar-refractivity contribution in [2.24, 2.45) is 23.7 Å². The maximum absolute atomic E-state index is 9.46. The van der Waals surface area contributed by atoms with Gasteiger partial charge in [-0.25, -0.2) is 0 Å². The molecule has 2 nitrogen and oxygen atoms in total. The lowest BCUT2D eigenvalue weighted by atomic mass is 9.90. The molecule has 21 heavy (non-hydrogen) atoms. The third kappa shape index (κ3) is 13.3. The summed E-state index contributed by atoms with van der Waals surface area (Å²) in [4.78, 5) is 0. The summed E-state index contributed by atoms with van der Waals surface area (Å²) in [7, 11) is 0. The van der Waals surface area contributed by atoms with Gasteiger partial charge in [0.25, 0.3) is 0 Å². The van der Waals surface area contributed by atoms with Crippen LogP contribution >= 0.6 is 0 Å². The van der Waals surface area contributed by atoms with Crippen molar-refractivity contribution < 1.29 is 10.2 Å². The van der Waals surface area contributed by atoms with Gasteiger partial charge in [-0.2, -0.15) is 0 Å². The van der Waals surface area contributed by atoms with E-state index in [0.717, 1.165) is 18.3 Å². The van der Waals surface area contributed by atoms with E-state index in [1.165, 1.54) is 51.4 Å². The van der Waals surface area contributed by atoms with Gasteiger partial charge in [-0.05, 0) is 42.9 Å². The van der Waals surface area contributed by atoms with Gasteiger partial charge >= 0.3 is 0 Å². The molecule has 0 rings (SSSR count). The molecule has 0 radical (unpaired) electrons. The van der Waals surface area contributed by atoms with Crippen molar-refractivity contribution in [2.45, 2.75) is 85.5 Å². The second-order valence-corrected chi connectivity index (χ2v) is 7.63. The highest BCUT2D eigenvalue weighted by Crippen LogP contribution is 2.22. The number of aliphatic hydroxyl groups excluding tert-OH is 2. The van der Waals surface area contributed by atoms with Crippen LogP contribution in [0.1, 0.15) is 85.5 Å². The third-order valence-electron chi connectivity index (χ3n) is 4.67. The number of hydrogen-bond acceptors (Lipinski definition) is 2. The van der Waals surface area contributed by atoms with E-state index in [1.54, 1.807) is 0 Å². The Labute approximate surface area is 133 Å². The number of rotatable bonds is 14. The summed E-state index contributed by atoms with van der Waals surface area (Å²) < 4.78 is 0. The highest BCUT2D eigenvalue weighted by atomic mass is 16.3. The lowest BCUT2D eigenvalue weighted by Gasteiger charge is -2.17. The fourth-order valence-corrected chi connectivity index (χ4v) is 2.95. The second kappa shape index (κ2) is 13.6. The molecule has 0 bridgehead atoms. The minimum absolute atomic E-state index is 0.322. The SMILES string of the molecule is CC(C)CCCC(CO)CCCC(C)CCC[C@H](C)CO. The maximum Gasteiger partial charge on any atom is 0.0459 e. The molecule has 2 unspecified atom stereocenters. The van der Waals surface area contributed by atoms with E-state index in [4.69, 9.17) is 5.11 Å². The molecule has 0 spiro atoms. The zero-order valence-corrected chi connectivity index (χ0v) is 15.0. The largest absolute Gasteiger partial charge is 0.396 e. The molecular formula is C19H40O2. The fourth-order valence-electron chi connectivity index (χ4n) is 2.95. The normalized spacial score (nSPS) is 16.1. The van der Waals surface area contributed by atoms with Gasteiger partial charge in [0.1, 0.15) is 0 Å². The smallest absolute Gasteiger partial charge is 0.0459 e. The summed E-state index contributed by atoms with van der Waals surface area (Å²) in [6.07, 6.45) is 11.1. The molecule has 0 saturated carbocycles. The summed E-state index contributed by atoms with van der Waals surface area (Å²) in [6, 6.07) is 0. The Bertz CT molecular complexity index is 216. The summed E-state index contributed by atoms with van der Waals surface area (Å²) in [5, 5.41) is 18.5. The zero-order valence-electron chi connectivity index (χ0n) is 15.0. The monoisotopic (exact) mass is 300 g/mol. The van der Waals surface area contributed by atoms with Crippen molar-refractivity contribution in [3.8, 4) is 0 Å². The van der Waals surface area contributed by atoms with E-state index in [-0.39, 0.29) is 0 Å². The lowest BCUT2D eigenvalue weighted by Crippen LogP contribution is -2.08. The molecule has 128 valence electrons. The summed E-state index contributed by atoms with van der Waals surface area (Å²) in [5.74, 6) is 2.54. The van der Waals surface area contributed by atoms with Gasteiger partial charge in [-0.3, -0.25) is 0 Å². The van der Waals surface area contributed by atoms with Crippen LogP contribution in [0, 0.1) is 23.7 Å². The van der Waals surface area contributed by atoms with Crippen LogP contribution in [0.5, 0.6) is 0 Å². The van der Waals surface area contributed by atoms with Gasteiger partial charge in [-0.1, -0.05) is 66.2 Å². The Morgan fingerprint density at radius 2 is 1.05 bits per heavy atom. The van der Waals surface area contributed by atoms with Gasteiger partial charge in [0.05, 0.1) is 0 Å². The molecule has 3 atom stereocenters. The molecule has 0 aliphatic heterocycles. The van der Waals surface area contributed by atoms with E-state index < -0.39 is 0 Å². The first-order chi connectivity index (χ1) is 9.99. The molecule has 0 aromatic carbocycles. The highest BCUT2D eigenvalue weighted by molar-refractivity contribution is 4.62. The van der Waals surface area contributed by atoms with Crippen molar-refractivity contribution in [2.75, 3.05) is 13.2 Å². The van der Waals surface area contributed by atoms with Crippen molar-refractivity contribution >= 4 is 0 Å². The predicted molar refractivity (Wildman–Crippen MR) is 92.4 cm³/mol. The van der Waals surface area contributed by atoms with E-state index in [2.05, 4.69) is 27.7 Å². The quantitative estimate of drug-likeness (QED) is 0.472. The van der Waals surface area contributed by atoms with Crippen molar-refractivity contribution in [1.82, 2.24) is 0 Å². The Balaban J connectivity index is 3.59. The zero-order chi connectivity index (χ0) is 16.1. The van der Waals surface area contributed by atoms with Crippen molar-refractivity contribution in [1.29, 1.82) is 0 Å². The highest BCUT2D eigenvalue weighted by Gasteiger charge is 2.10. The minimum Gasteiger partial charge on any atom is -0.396 e. The van der Waals surface area contributed by atoms with Gasteiger partial charge in [-0.15, -0.1) is 0 Å². The number of hydrogen-bond donors (Lipinski definition) is 2. The molecular weight excluding hydrogens is 260 g/mol. The third-order valence-corrected chi connectivity index (χ3v) is 4.67. The predicted octanol–water partition coefficient (Wildman–Crippen LogP) is 5.03. The van der Waals surface area contributed by atoms with Gasteiger partial charge in [0, 0.05) is 13.2 Å². The molecule has 0 saturated heterocycles. The average Bonchev–Trinajstić information content (AvgIpc) is 2.45. The molecule has 0 aromatic heterocycles. The van der Waals surface area contributed by atoms with Gasteiger partial charge in [0.2, 0.25) is 0 Å². The molecule has 2 N–H and O–H groups in total. The Morgan fingerprint density at radius 1 is 0.571 bits per heavy atom. The van der Waals surface area contributed by atoms with E-state index >= 15 is 0 Å². The lowest BCUT2D eigenvalue weighted by molar-refractivity contribution is 0.200. The van der Waals surface area contributed by atoms with Gasteiger partial charge < -0.3 is 10.2 Å². The van der Waals surface area contributed by atoms with Crippen LogP contribution in [0.4, 0.5) is 0 Å². The molecule has 0 aromatic rings. The second-order valence-electron chi connectivity index (χ2n) is 7.63. The Hall–Kier alpha value is -0.0800. The van der Waals surface area contributed by atoms with Crippen LogP contribution in [-0.2, 0) is 0 Å².